The Bertz CT molecular complexity index is 386. The Kier molecular flexibility index (Phi) is 3.41. The van der Waals surface area contributed by atoms with E-state index in [9.17, 15) is 13.6 Å². The van der Waals surface area contributed by atoms with E-state index in [0.29, 0.717) is 0 Å². The minimum absolute atomic E-state index is 0.143. The van der Waals surface area contributed by atoms with Crippen LogP contribution in [0.5, 0.6) is 0 Å². The lowest BCUT2D eigenvalue weighted by Crippen LogP contribution is -2.18. The van der Waals surface area contributed by atoms with Gasteiger partial charge < -0.3 is 4.74 Å². The number of rotatable bonds is 4. The molecule has 0 bridgehead atoms. The molecule has 1 aromatic rings. The van der Waals surface area contributed by atoms with Gasteiger partial charge in [-0.25, -0.2) is 8.78 Å². The highest BCUT2D eigenvalue weighted by atomic mass is 19.2. The van der Waals surface area contributed by atoms with Crippen molar-refractivity contribution >= 4 is 5.97 Å². The first-order valence-electron chi connectivity index (χ1n) is 5.60. The van der Waals surface area contributed by atoms with Crippen molar-refractivity contribution in [2.45, 2.75) is 25.9 Å². The standard InChI is InChI=1S/C13H14F2O2/c1-8(10-11(14)12(10)15)13(16)17-7-9-5-3-2-4-6-9/h2-6,8,10-12H,7H2,1H3. The van der Waals surface area contributed by atoms with Crippen molar-refractivity contribution in [1.29, 1.82) is 0 Å². The largest absolute Gasteiger partial charge is 0.461 e. The predicted molar refractivity (Wildman–Crippen MR) is 58.7 cm³/mol. The molecule has 0 aromatic heterocycles. The molecule has 0 amide bonds. The van der Waals surface area contributed by atoms with Crippen LogP contribution in [0.4, 0.5) is 8.78 Å². The number of hydrogen-bond donors (Lipinski definition) is 0. The number of carbonyl (C=O) groups excluding carboxylic acids is 1. The minimum Gasteiger partial charge on any atom is -0.461 e. The molecule has 1 aliphatic rings. The number of esters is 1. The summed E-state index contributed by atoms with van der Waals surface area (Å²) in [6.07, 6.45) is -3.01. The Hall–Kier alpha value is -1.45. The molecule has 3 unspecified atom stereocenters. The molecule has 1 aromatic carbocycles. The van der Waals surface area contributed by atoms with Gasteiger partial charge in [0.25, 0.3) is 0 Å². The highest BCUT2D eigenvalue weighted by Crippen LogP contribution is 2.43. The summed E-state index contributed by atoms with van der Waals surface area (Å²) in [7, 11) is 0. The number of alkyl halides is 2. The van der Waals surface area contributed by atoms with Gasteiger partial charge in [0.05, 0.1) is 5.92 Å². The summed E-state index contributed by atoms with van der Waals surface area (Å²) in [6.45, 7) is 1.65. The Labute approximate surface area is 98.6 Å². The lowest BCUT2D eigenvalue weighted by Gasteiger charge is -2.10. The van der Waals surface area contributed by atoms with Crippen LogP contribution >= 0.6 is 0 Å². The summed E-state index contributed by atoms with van der Waals surface area (Å²) >= 11 is 0. The normalized spacial score (nSPS) is 28.5. The van der Waals surface area contributed by atoms with Crippen LogP contribution in [0.25, 0.3) is 0 Å². The third kappa shape index (κ3) is 2.62. The van der Waals surface area contributed by atoms with Gasteiger partial charge in [-0.2, -0.15) is 0 Å². The maximum Gasteiger partial charge on any atom is 0.309 e. The molecule has 17 heavy (non-hydrogen) atoms. The summed E-state index contributed by atoms with van der Waals surface area (Å²) in [5, 5.41) is 0. The Balaban J connectivity index is 1.82. The Morgan fingerprint density at radius 3 is 2.41 bits per heavy atom. The molecule has 0 aliphatic heterocycles. The van der Waals surface area contributed by atoms with E-state index in [4.69, 9.17) is 4.74 Å². The number of hydrogen-bond acceptors (Lipinski definition) is 2. The second-order valence-corrected chi connectivity index (χ2v) is 4.35. The lowest BCUT2D eigenvalue weighted by atomic mass is 10.1. The zero-order chi connectivity index (χ0) is 12.4. The van der Waals surface area contributed by atoms with Gasteiger partial charge >= 0.3 is 5.97 Å². The molecule has 2 rings (SSSR count). The van der Waals surface area contributed by atoms with Gasteiger partial charge in [-0.3, -0.25) is 4.79 Å². The Morgan fingerprint density at radius 2 is 1.88 bits per heavy atom. The van der Waals surface area contributed by atoms with Crippen LogP contribution in [-0.4, -0.2) is 18.3 Å². The van der Waals surface area contributed by atoms with E-state index >= 15 is 0 Å². The fourth-order valence-corrected chi connectivity index (χ4v) is 1.83. The van der Waals surface area contributed by atoms with E-state index in [1.165, 1.54) is 6.92 Å². The minimum atomic E-state index is -1.51. The summed E-state index contributed by atoms with van der Waals surface area (Å²) in [5.74, 6) is -2.08. The first-order valence-corrected chi connectivity index (χ1v) is 5.60. The number of halogens is 2. The molecule has 1 saturated carbocycles. The molecular formula is C13H14F2O2. The molecule has 0 radical (unpaired) electrons. The molecule has 0 N–H and O–H groups in total. The van der Waals surface area contributed by atoms with Gasteiger partial charge in [-0.05, 0) is 5.56 Å². The van der Waals surface area contributed by atoms with Gasteiger partial charge in [-0.15, -0.1) is 0 Å². The number of benzene rings is 1. The first-order chi connectivity index (χ1) is 8.11. The van der Waals surface area contributed by atoms with Gasteiger partial charge in [0.2, 0.25) is 0 Å². The van der Waals surface area contributed by atoms with E-state index in [1.807, 2.05) is 30.3 Å². The second kappa shape index (κ2) is 4.82. The summed E-state index contributed by atoms with van der Waals surface area (Å²) in [6, 6.07) is 9.18. The summed E-state index contributed by atoms with van der Waals surface area (Å²) < 4.78 is 30.5. The van der Waals surface area contributed by atoms with Crippen LogP contribution in [0.1, 0.15) is 12.5 Å². The Morgan fingerprint density at radius 1 is 1.29 bits per heavy atom. The SMILES string of the molecule is CC(C(=O)OCc1ccccc1)C1C(F)C1F. The molecule has 0 spiro atoms. The van der Waals surface area contributed by atoms with Crippen molar-refractivity contribution in [3.05, 3.63) is 35.9 Å². The predicted octanol–water partition coefficient (Wildman–Crippen LogP) is 2.67. The molecule has 2 nitrogen and oxygen atoms in total. The van der Waals surface area contributed by atoms with Crippen molar-refractivity contribution in [2.75, 3.05) is 0 Å². The topological polar surface area (TPSA) is 26.3 Å². The molecule has 4 heteroatoms. The van der Waals surface area contributed by atoms with Gasteiger partial charge in [0, 0.05) is 5.92 Å². The molecule has 92 valence electrons. The fraction of sp³-hybridized carbons (Fsp3) is 0.462. The summed E-state index contributed by atoms with van der Waals surface area (Å²) in [4.78, 5) is 11.5. The molecule has 3 atom stereocenters. The first kappa shape index (κ1) is 12.0. The quantitative estimate of drug-likeness (QED) is 0.756. The van der Waals surface area contributed by atoms with Crippen molar-refractivity contribution in [3.63, 3.8) is 0 Å². The van der Waals surface area contributed by atoms with E-state index in [0.717, 1.165) is 5.56 Å². The second-order valence-electron chi connectivity index (χ2n) is 4.35. The van der Waals surface area contributed by atoms with Gasteiger partial charge in [0.1, 0.15) is 19.0 Å². The monoisotopic (exact) mass is 240 g/mol. The molecular weight excluding hydrogens is 226 g/mol. The highest BCUT2D eigenvalue weighted by molar-refractivity contribution is 5.73. The fourth-order valence-electron chi connectivity index (χ4n) is 1.83. The van der Waals surface area contributed by atoms with E-state index < -0.39 is 30.1 Å². The highest BCUT2D eigenvalue weighted by Gasteiger charge is 2.57. The van der Waals surface area contributed by atoms with Crippen molar-refractivity contribution < 1.29 is 18.3 Å². The van der Waals surface area contributed by atoms with Crippen LogP contribution < -0.4 is 0 Å². The van der Waals surface area contributed by atoms with E-state index in [1.54, 1.807) is 0 Å². The zero-order valence-electron chi connectivity index (χ0n) is 9.48. The van der Waals surface area contributed by atoms with Crippen LogP contribution in [-0.2, 0) is 16.1 Å². The van der Waals surface area contributed by atoms with Crippen LogP contribution in [0, 0.1) is 11.8 Å². The maximum absolute atomic E-state index is 12.8. The van der Waals surface area contributed by atoms with Crippen LogP contribution in [0.3, 0.4) is 0 Å². The molecule has 1 fully saturated rings. The van der Waals surface area contributed by atoms with Gasteiger partial charge in [0.15, 0.2) is 0 Å². The number of ether oxygens (including phenoxy) is 1. The van der Waals surface area contributed by atoms with Crippen molar-refractivity contribution in [1.82, 2.24) is 0 Å². The van der Waals surface area contributed by atoms with E-state index in [-0.39, 0.29) is 6.61 Å². The lowest BCUT2D eigenvalue weighted by molar-refractivity contribution is -0.150. The van der Waals surface area contributed by atoms with Crippen LogP contribution in [0.2, 0.25) is 0 Å². The summed E-state index contributed by atoms with van der Waals surface area (Å²) in [5.41, 5.74) is 0.859. The molecule has 0 saturated heterocycles. The molecule has 0 heterocycles. The smallest absolute Gasteiger partial charge is 0.309 e. The molecule has 1 aliphatic carbocycles. The third-order valence-corrected chi connectivity index (χ3v) is 3.07. The maximum atomic E-state index is 12.8. The van der Waals surface area contributed by atoms with Crippen molar-refractivity contribution in [2.24, 2.45) is 11.8 Å². The van der Waals surface area contributed by atoms with Crippen LogP contribution in [0.15, 0.2) is 30.3 Å². The average Bonchev–Trinajstić information content (AvgIpc) is 2.94. The van der Waals surface area contributed by atoms with E-state index in [2.05, 4.69) is 0 Å². The number of carbonyl (C=O) groups is 1. The van der Waals surface area contributed by atoms with Crippen molar-refractivity contribution in [3.8, 4) is 0 Å². The third-order valence-electron chi connectivity index (χ3n) is 3.07. The average molecular weight is 240 g/mol. The van der Waals surface area contributed by atoms with Gasteiger partial charge in [-0.1, -0.05) is 37.3 Å². The zero-order valence-corrected chi connectivity index (χ0v) is 9.48.